The molecular weight excluding hydrogens is 262 g/mol. The fourth-order valence-corrected chi connectivity index (χ4v) is 2.99. The van der Waals surface area contributed by atoms with Gasteiger partial charge < -0.3 is 10.2 Å². The summed E-state index contributed by atoms with van der Waals surface area (Å²) in [5.74, 6) is 6.04. The summed E-state index contributed by atoms with van der Waals surface area (Å²) in [7, 11) is 0. The van der Waals surface area contributed by atoms with Crippen molar-refractivity contribution in [3.63, 3.8) is 0 Å². The minimum atomic E-state index is 0.110. The summed E-state index contributed by atoms with van der Waals surface area (Å²) in [5.41, 5.74) is 2.24. The van der Waals surface area contributed by atoms with Crippen molar-refractivity contribution < 1.29 is 10.2 Å². The Kier molecular flexibility index (Phi) is 6.75. The molecule has 0 aromatic heterocycles. The normalized spacial score (nSPS) is 15.2. The summed E-state index contributed by atoms with van der Waals surface area (Å²) >= 11 is 0. The van der Waals surface area contributed by atoms with E-state index in [2.05, 4.69) is 28.9 Å². The molecule has 0 heterocycles. The van der Waals surface area contributed by atoms with E-state index in [0.29, 0.717) is 12.5 Å². The van der Waals surface area contributed by atoms with E-state index >= 15 is 0 Å². The van der Waals surface area contributed by atoms with Crippen LogP contribution in [-0.4, -0.2) is 40.9 Å². The van der Waals surface area contributed by atoms with Crippen LogP contribution in [-0.2, 0) is 6.54 Å². The Labute approximate surface area is 127 Å². The van der Waals surface area contributed by atoms with Gasteiger partial charge in [0.05, 0.1) is 13.2 Å². The molecule has 0 bridgehead atoms. The van der Waals surface area contributed by atoms with Crippen LogP contribution in [0.25, 0.3) is 0 Å². The highest BCUT2D eigenvalue weighted by molar-refractivity contribution is 5.37. The third-order valence-electron chi connectivity index (χ3n) is 4.01. The Bertz CT molecular complexity index is 483. The summed E-state index contributed by atoms with van der Waals surface area (Å²) in [5, 5.41) is 18.1. The van der Waals surface area contributed by atoms with E-state index in [1.807, 2.05) is 12.1 Å². The predicted octanol–water partition coefficient (Wildman–Crippen LogP) is 2.16. The molecule has 1 aliphatic rings. The van der Waals surface area contributed by atoms with Crippen LogP contribution >= 0.6 is 0 Å². The number of benzene rings is 1. The molecule has 3 nitrogen and oxygen atoms in total. The van der Waals surface area contributed by atoms with Gasteiger partial charge in [0.1, 0.15) is 0 Å². The predicted molar refractivity (Wildman–Crippen MR) is 84.8 cm³/mol. The molecule has 0 radical (unpaired) electrons. The maximum absolute atomic E-state index is 9.29. The van der Waals surface area contributed by atoms with Crippen LogP contribution < -0.4 is 0 Å². The summed E-state index contributed by atoms with van der Waals surface area (Å²) in [6, 6.07) is 8.88. The van der Waals surface area contributed by atoms with Gasteiger partial charge in [0, 0.05) is 31.1 Å². The van der Waals surface area contributed by atoms with Gasteiger partial charge in [-0.2, -0.15) is 0 Å². The summed E-state index contributed by atoms with van der Waals surface area (Å²) < 4.78 is 0. The SMILES string of the molecule is OCCC#Cc1cccc(CN(CCO)C2CCCC2)c1. The zero-order valence-electron chi connectivity index (χ0n) is 12.6. The van der Waals surface area contributed by atoms with Crippen molar-refractivity contribution in [3.8, 4) is 11.8 Å². The topological polar surface area (TPSA) is 43.7 Å². The highest BCUT2D eigenvalue weighted by atomic mass is 16.3. The Morgan fingerprint density at radius 1 is 1.14 bits per heavy atom. The van der Waals surface area contributed by atoms with E-state index < -0.39 is 0 Å². The minimum absolute atomic E-state index is 0.110. The lowest BCUT2D eigenvalue weighted by Crippen LogP contribution is -2.35. The third-order valence-corrected chi connectivity index (χ3v) is 4.01. The van der Waals surface area contributed by atoms with Crippen LogP contribution in [0.4, 0.5) is 0 Å². The largest absolute Gasteiger partial charge is 0.395 e. The Morgan fingerprint density at radius 2 is 1.95 bits per heavy atom. The quantitative estimate of drug-likeness (QED) is 0.788. The molecule has 0 unspecified atom stereocenters. The molecular formula is C18H25NO2. The highest BCUT2D eigenvalue weighted by Gasteiger charge is 2.22. The highest BCUT2D eigenvalue weighted by Crippen LogP contribution is 2.24. The first kappa shape index (κ1) is 16.0. The number of aliphatic hydroxyl groups excluding tert-OH is 2. The fourth-order valence-electron chi connectivity index (χ4n) is 2.99. The Morgan fingerprint density at radius 3 is 2.67 bits per heavy atom. The first-order valence-corrected chi connectivity index (χ1v) is 7.87. The molecule has 0 spiro atoms. The van der Waals surface area contributed by atoms with Crippen LogP contribution in [0.3, 0.4) is 0 Å². The number of hydrogen-bond acceptors (Lipinski definition) is 3. The second-order valence-electron chi connectivity index (χ2n) is 5.61. The molecule has 1 saturated carbocycles. The minimum Gasteiger partial charge on any atom is -0.395 e. The Hall–Kier alpha value is -1.34. The lowest BCUT2D eigenvalue weighted by molar-refractivity contribution is 0.145. The molecule has 0 amide bonds. The molecule has 21 heavy (non-hydrogen) atoms. The first-order valence-electron chi connectivity index (χ1n) is 7.87. The molecule has 114 valence electrons. The van der Waals surface area contributed by atoms with Gasteiger partial charge in [-0.05, 0) is 30.5 Å². The van der Waals surface area contributed by atoms with Gasteiger partial charge in [-0.25, -0.2) is 0 Å². The van der Waals surface area contributed by atoms with E-state index in [-0.39, 0.29) is 13.2 Å². The van der Waals surface area contributed by atoms with E-state index in [1.54, 1.807) is 0 Å². The van der Waals surface area contributed by atoms with Gasteiger partial charge in [0.25, 0.3) is 0 Å². The monoisotopic (exact) mass is 287 g/mol. The molecule has 1 aromatic rings. The third kappa shape index (κ3) is 5.17. The van der Waals surface area contributed by atoms with Crippen LogP contribution in [0.15, 0.2) is 24.3 Å². The van der Waals surface area contributed by atoms with Crippen molar-refractivity contribution in [3.05, 3.63) is 35.4 Å². The van der Waals surface area contributed by atoms with E-state index in [0.717, 1.165) is 18.7 Å². The first-order chi connectivity index (χ1) is 10.3. The van der Waals surface area contributed by atoms with Crippen molar-refractivity contribution in [2.75, 3.05) is 19.8 Å². The number of aliphatic hydroxyl groups is 2. The lowest BCUT2D eigenvalue weighted by atomic mass is 10.1. The van der Waals surface area contributed by atoms with Crippen LogP contribution in [0.2, 0.25) is 0 Å². The number of hydrogen-bond donors (Lipinski definition) is 2. The molecule has 2 N–H and O–H groups in total. The van der Waals surface area contributed by atoms with Crippen molar-refractivity contribution in [2.45, 2.75) is 44.7 Å². The summed E-state index contributed by atoms with van der Waals surface area (Å²) in [6.07, 6.45) is 5.62. The van der Waals surface area contributed by atoms with Gasteiger partial charge in [0.2, 0.25) is 0 Å². The number of nitrogens with zero attached hydrogens (tertiary/aromatic N) is 1. The average Bonchev–Trinajstić information content (AvgIpc) is 3.02. The summed E-state index contributed by atoms with van der Waals surface area (Å²) in [4.78, 5) is 2.40. The maximum Gasteiger partial charge on any atom is 0.0558 e. The standard InChI is InChI=1S/C18H25NO2/c20-12-4-3-6-16-7-5-8-17(14-16)15-19(11-13-21)18-9-1-2-10-18/h5,7-8,14,18,20-21H,1-2,4,9-13,15H2. The van der Waals surface area contributed by atoms with Gasteiger partial charge in [-0.15, -0.1) is 0 Å². The van der Waals surface area contributed by atoms with E-state index in [1.165, 1.54) is 31.2 Å². The zero-order valence-corrected chi connectivity index (χ0v) is 12.6. The zero-order chi connectivity index (χ0) is 14.9. The second kappa shape index (κ2) is 8.84. The second-order valence-corrected chi connectivity index (χ2v) is 5.61. The van der Waals surface area contributed by atoms with Crippen molar-refractivity contribution >= 4 is 0 Å². The number of rotatable bonds is 6. The van der Waals surface area contributed by atoms with E-state index in [4.69, 9.17) is 5.11 Å². The van der Waals surface area contributed by atoms with Crippen LogP contribution in [0.1, 0.15) is 43.2 Å². The van der Waals surface area contributed by atoms with Crippen molar-refractivity contribution in [1.82, 2.24) is 4.90 Å². The van der Waals surface area contributed by atoms with Crippen LogP contribution in [0, 0.1) is 11.8 Å². The lowest BCUT2D eigenvalue weighted by Gasteiger charge is -2.28. The van der Waals surface area contributed by atoms with Crippen molar-refractivity contribution in [1.29, 1.82) is 0 Å². The molecule has 0 saturated heterocycles. The molecule has 3 heteroatoms. The molecule has 1 aromatic carbocycles. The van der Waals surface area contributed by atoms with Gasteiger partial charge in [-0.1, -0.05) is 36.8 Å². The molecule has 1 fully saturated rings. The molecule has 0 aliphatic heterocycles. The Balaban J connectivity index is 2.02. The summed E-state index contributed by atoms with van der Waals surface area (Å²) in [6.45, 7) is 1.94. The van der Waals surface area contributed by atoms with Crippen LogP contribution in [0.5, 0.6) is 0 Å². The molecule has 1 aliphatic carbocycles. The smallest absolute Gasteiger partial charge is 0.0558 e. The van der Waals surface area contributed by atoms with E-state index in [9.17, 15) is 5.11 Å². The van der Waals surface area contributed by atoms with Gasteiger partial charge in [-0.3, -0.25) is 4.90 Å². The van der Waals surface area contributed by atoms with Gasteiger partial charge >= 0.3 is 0 Å². The maximum atomic E-state index is 9.29. The van der Waals surface area contributed by atoms with Crippen molar-refractivity contribution in [2.24, 2.45) is 0 Å². The average molecular weight is 287 g/mol. The molecule has 2 rings (SSSR count). The molecule has 0 atom stereocenters. The fraction of sp³-hybridized carbons (Fsp3) is 0.556. The van der Waals surface area contributed by atoms with Gasteiger partial charge in [0.15, 0.2) is 0 Å².